The molecule has 0 aliphatic heterocycles. The zero-order valence-electron chi connectivity index (χ0n) is 7.40. The molecule has 0 saturated heterocycles. The number of nitrogens with zero attached hydrogens (tertiary/aromatic N) is 2. The molecule has 0 amide bonds. The number of hydrogen-bond donors (Lipinski definition) is 1. The van der Waals surface area contributed by atoms with Crippen LogP contribution in [-0.2, 0) is 6.42 Å². The Hall–Kier alpha value is -1.00. The zero-order valence-corrected chi connectivity index (χ0v) is 8.21. The van der Waals surface area contributed by atoms with Gasteiger partial charge in [-0.15, -0.1) is 11.3 Å². The molecule has 2 N–H and O–H groups in total. The van der Waals surface area contributed by atoms with Crippen molar-refractivity contribution in [3.8, 4) is 0 Å². The van der Waals surface area contributed by atoms with Gasteiger partial charge < -0.3 is 5.73 Å². The molecule has 2 heterocycles. The van der Waals surface area contributed by atoms with Crippen LogP contribution in [0, 0.1) is 0 Å². The Kier molecular flexibility index (Phi) is 2.24. The van der Waals surface area contributed by atoms with E-state index in [1.807, 2.05) is 12.3 Å². The van der Waals surface area contributed by atoms with E-state index in [9.17, 15) is 0 Å². The smallest absolute Gasteiger partial charge is 0.126 e. The maximum atomic E-state index is 5.73. The molecule has 1 atom stereocenters. The first-order valence-electron chi connectivity index (χ1n) is 4.20. The summed E-state index contributed by atoms with van der Waals surface area (Å²) in [5, 5.41) is 3.18. The van der Waals surface area contributed by atoms with Crippen LogP contribution in [0.1, 0.15) is 12.6 Å². The Morgan fingerprint density at radius 2 is 2.38 bits per heavy atom. The number of nitrogens with two attached hydrogens (primary N) is 1. The quantitative estimate of drug-likeness (QED) is 0.787. The van der Waals surface area contributed by atoms with Gasteiger partial charge in [-0.3, -0.25) is 0 Å². The largest absolute Gasteiger partial charge is 0.328 e. The molecule has 1 unspecified atom stereocenters. The van der Waals surface area contributed by atoms with Crippen molar-refractivity contribution in [2.75, 3.05) is 0 Å². The van der Waals surface area contributed by atoms with Gasteiger partial charge in [-0.2, -0.15) is 0 Å². The molecule has 13 heavy (non-hydrogen) atoms. The normalized spacial score (nSPS) is 13.4. The van der Waals surface area contributed by atoms with Crippen molar-refractivity contribution in [3.05, 3.63) is 23.5 Å². The fraction of sp³-hybridized carbons (Fsp3) is 0.333. The first-order valence-corrected chi connectivity index (χ1v) is 5.08. The lowest BCUT2D eigenvalue weighted by atomic mass is 10.1. The molecular formula is C9H11N3S. The second kappa shape index (κ2) is 3.40. The van der Waals surface area contributed by atoms with Crippen LogP contribution in [0.4, 0.5) is 0 Å². The standard InChI is InChI=1S/C9H11N3S/c1-6(10)4-8-7-2-3-13-9(7)12-5-11-8/h2-3,5-6H,4,10H2,1H3. The van der Waals surface area contributed by atoms with Crippen molar-refractivity contribution in [3.63, 3.8) is 0 Å². The van der Waals surface area contributed by atoms with E-state index in [1.54, 1.807) is 17.7 Å². The second-order valence-corrected chi connectivity index (χ2v) is 4.04. The SMILES string of the molecule is CC(N)Cc1ncnc2sccc12. The molecule has 0 radical (unpaired) electrons. The van der Waals surface area contributed by atoms with Crippen LogP contribution in [0.2, 0.25) is 0 Å². The number of hydrogen-bond acceptors (Lipinski definition) is 4. The summed E-state index contributed by atoms with van der Waals surface area (Å²) < 4.78 is 0. The Morgan fingerprint density at radius 1 is 1.54 bits per heavy atom. The van der Waals surface area contributed by atoms with Gasteiger partial charge >= 0.3 is 0 Å². The maximum Gasteiger partial charge on any atom is 0.126 e. The molecular weight excluding hydrogens is 182 g/mol. The highest BCUT2D eigenvalue weighted by molar-refractivity contribution is 7.16. The molecule has 0 aromatic carbocycles. The third kappa shape index (κ3) is 1.68. The molecule has 2 aromatic rings. The molecule has 2 rings (SSSR count). The molecule has 3 nitrogen and oxygen atoms in total. The predicted molar refractivity (Wildman–Crippen MR) is 54.8 cm³/mol. The van der Waals surface area contributed by atoms with Crippen LogP contribution in [0.5, 0.6) is 0 Å². The number of thiophene rings is 1. The van der Waals surface area contributed by atoms with E-state index in [-0.39, 0.29) is 6.04 Å². The van der Waals surface area contributed by atoms with E-state index >= 15 is 0 Å². The lowest BCUT2D eigenvalue weighted by Crippen LogP contribution is -2.18. The minimum absolute atomic E-state index is 0.151. The summed E-state index contributed by atoms with van der Waals surface area (Å²) in [5.74, 6) is 0. The fourth-order valence-electron chi connectivity index (χ4n) is 1.31. The van der Waals surface area contributed by atoms with Crippen molar-refractivity contribution in [2.45, 2.75) is 19.4 Å². The van der Waals surface area contributed by atoms with Crippen molar-refractivity contribution < 1.29 is 0 Å². The predicted octanol–water partition coefficient (Wildman–Crippen LogP) is 1.58. The van der Waals surface area contributed by atoms with E-state index in [2.05, 4.69) is 16.0 Å². The van der Waals surface area contributed by atoms with E-state index in [0.717, 1.165) is 22.3 Å². The minimum Gasteiger partial charge on any atom is -0.328 e. The van der Waals surface area contributed by atoms with Crippen molar-refractivity contribution in [2.24, 2.45) is 5.73 Å². The highest BCUT2D eigenvalue weighted by Gasteiger charge is 2.05. The molecule has 0 spiro atoms. The summed E-state index contributed by atoms with van der Waals surface area (Å²) in [5.41, 5.74) is 6.78. The van der Waals surface area contributed by atoms with Gasteiger partial charge in [-0.05, 0) is 18.4 Å². The highest BCUT2D eigenvalue weighted by Crippen LogP contribution is 2.20. The van der Waals surface area contributed by atoms with Crippen LogP contribution in [-0.4, -0.2) is 16.0 Å². The summed E-state index contributed by atoms with van der Waals surface area (Å²) in [6.07, 6.45) is 2.42. The van der Waals surface area contributed by atoms with E-state index in [1.165, 1.54) is 0 Å². The van der Waals surface area contributed by atoms with Crippen LogP contribution >= 0.6 is 11.3 Å². The summed E-state index contributed by atoms with van der Waals surface area (Å²) in [7, 11) is 0. The molecule has 0 bridgehead atoms. The molecule has 0 aliphatic rings. The monoisotopic (exact) mass is 193 g/mol. The average molecular weight is 193 g/mol. The van der Waals surface area contributed by atoms with Gasteiger partial charge in [0.2, 0.25) is 0 Å². The lowest BCUT2D eigenvalue weighted by molar-refractivity contribution is 0.725. The third-order valence-corrected chi connectivity index (χ3v) is 2.68. The Labute approximate surface area is 80.6 Å². The van der Waals surface area contributed by atoms with Gasteiger partial charge in [0, 0.05) is 17.8 Å². The topological polar surface area (TPSA) is 51.8 Å². The maximum absolute atomic E-state index is 5.73. The third-order valence-electron chi connectivity index (χ3n) is 1.86. The van der Waals surface area contributed by atoms with E-state index < -0.39 is 0 Å². The summed E-state index contributed by atoms with van der Waals surface area (Å²) in [6.45, 7) is 1.99. The number of fused-ring (bicyclic) bond motifs is 1. The van der Waals surface area contributed by atoms with Crippen molar-refractivity contribution >= 4 is 21.6 Å². The van der Waals surface area contributed by atoms with Gasteiger partial charge in [0.1, 0.15) is 11.2 Å². The van der Waals surface area contributed by atoms with E-state index in [4.69, 9.17) is 5.73 Å². The van der Waals surface area contributed by atoms with Gasteiger partial charge in [-0.1, -0.05) is 0 Å². The Morgan fingerprint density at radius 3 is 3.15 bits per heavy atom. The highest BCUT2D eigenvalue weighted by atomic mass is 32.1. The number of rotatable bonds is 2. The summed E-state index contributed by atoms with van der Waals surface area (Å²) in [4.78, 5) is 9.46. The van der Waals surface area contributed by atoms with Crippen molar-refractivity contribution in [1.82, 2.24) is 9.97 Å². The zero-order chi connectivity index (χ0) is 9.26. The molecule has 0 fully saturated rings. The van der Waals surface area contributed by atoms with E-state index in [0.29, 0.717) is 0 Å². The fourth-order valence-corrected chi connectivity index (χ4v) is 2.06. The van der Waals surface area contributed by atoms with Crippen LogP contribution in [0.3, 0.4) is 0 Å². The Bertz CT molecular complexity index is 408. The second-order valence-electron chi connectivity index (χ2n) is 3.14. The molecule has 0 saturated carbocycles. The molecule has 4 heteroatoms. The summed E-state index contributed by atoms with van der Waals surface area (Å²) in [6, 6.07) is 2.20. The van der Waals surface area contributed by atoms with Gasteiger partial charge in [-0.25, -0.2) is 9.97 Å². The van der Waals surface area contributed by atoms with Gasteiger partial charge in [0.25, 0.3) is 0 Å². The van der Waals surface area contributed by atoms with Gasteiger partial charge in [0.05, 0.1) is 5.69 Å². The van der Waals surface area contributed by atoms with Crippen LogP contribution in [0.25, 0.3) is 10.2 Å². The van der Waals surface area contributed by atoms with Crippen LogP contribution in [0.15, 0.2) is 17.8 Å². The Balaban J connectivity index is 2.48. The molecule has 0 aliphatic carbocycles. The molecule has 2 aromatic heterocycles. The van der Waals surface area contributed by atoms with Crippen molar-refractivity contribution in [1.29, 1.82) is 0 Å². The molecule has 68 valence electrons. The average Bonchev–Trinajstić information content (AvgIpc) is 2.51. The minimum atomic E-state index is 0.151. The first-order chi connectivity index (χ1) is 6.27. The first kappa shape index (κ1) is 8.59. The lowest BCUT2D eigenvalue weighted by Gasteiger charge is -2.04. The van der Waals surface area contributed by atoms with Gasteiger partial charge in [0.15, 0.2) is 0 Å². The summed E-state index contributed by atoms with van der Waals surface area (Å²) >= 11 is 1.64. The number of aromatic nitrogens is 2. The van der Waals surface area contributed by atoms with Crippen LogP contribution < -0.4 is 5.73 Å².